The zero-order chi connectivity index (χ0) is 9.14. The van der Waals surface area contributed by atoms with Crippen LogP contribution in [0.1, 0.15) is 13.3 Å². The highest BCUT2D eigenvalue weighted by molar-refractivity contribution is 5.80. The molecule has 1 aliphatic rings. The molecule has 68 valence electrons. The zero-order valence-electron chi connectivity index (χ0n) is 7.58. The van der Waals surface area contributed by atoms with Crippen molar-refractivity contribution in [1.29, 1.82) is 0 Å². The van der Waals surface area contributed by atoms with Crippen LogP contribution in [0, 0.1) is 5.92 Å². The van der Waals surface area contributed by atoms with E-state index in [0.717, 1.165) is 25.1 Å². The highest BCUT2D eigenvalue weighted by Gasteiger charge is 2.18. The monoisotopic (exact) mass is 169 g/mol. The third-order valence-electron chi connectivity index (χ3n) is 2.31. The van der Waals surface area contributed by atoms with Crippen LogP contribution in [0.2, 0.25) is 0 Å². The van der Waals surface area contributed by atoms with Crippen molar-refractivity contribution >= 4 is 5.97 Å². The van der Waals surface area contributed by atoms with Crippen molar-refractivity contribution in [3.8, 4) is 0 Å². The fourth-order valence-corrected chi connectivity index (χ4v) is 1.62. The third kappa shape index (κ3) is 2.34. The van der Waals surface area contributed by atoms with Crippen molar-refractivity contribution in [1.82, 2.24) is 4.90 Å². The minimum absolute atomic E-state index is 0.389. The van der Waals surface area contributed by atoms with Gasteiger partial charge in [-0.05, 0) is 19.4 Å². The molecule has 0 bridgehead atoms. The first-order valence-corrected chi connectivity index (χ1v) is 4.21. The summed E-state index contributed by atoms with van der Waals surface area (Å²) < 4.78 is 0. The van der Waals surface area contributed by atoms with Gasteiger partial charge in [-0.2, -0.15) is 0 Å². The van der Waals surface area contributed by atoms with Crippen LogP contribution in [0.5, 0.6) is 0 Å². The van der Waals surface area contributed by atoms with Crippen molar-refractivity contribution in [2.75, 3.05) is 20.1 Å². The Bertz CT molecular complexity index is 211. The number of likely N-dealkylation sites (tertiary alicyclic amines) is 1. The van der Waals surface area contributed by atoms with Gasteiger partial charge in [0.1, 0.15) is 0 Å². The number of nitrogens with zero attached hydrogens (tertiary/aromatic N) is 1. The van der Waals surface area contributed by atoms with E-state index < -0.39 is 5.97 Å². The molecular weight excluding hydrogens is 154 g/mol. The van der Waals surface area contributed by atoms with Gasteiger partial charge in [-0.1, -0.05) is 12.5 Å². The van der Waals surface area contributed by atoms with E-state index in [1.165, 1.54) is 6.08 Å². The van der Waals surface area contributed by atoms with E-state index in [9.17, 15) is 4.79 Å². The number of carboxylic acids is 1. The molecule has 0 aromatic rings. The minimum atomic E-state index is -0.818. The van der Waals surface area contributed by atoms with E-state index >= 15 is 0 Å². The summed E-state index contributed by atoms with van der Waals surface area (Å²) in [6, 6.07) is 0. The molecule has 0 aromatic carbocycles. The first-order valence-electron chi connectivity index (χ1n) is 4.21. The predicted octanol–water partition coefficient (Wildman–Crippen LogP) is 0.969. The predicted molar refractivity (Wildman–Crippen MR) is 47.0 cm³/mol. The van der Waals surface area contributed by atoms with Crippen LogP contribution in [-0.2, 0) is 4.79 Å². The summed E-state index contributed by atoms with van der Waals surface area (Å²) >= 11 is 0. The summed E-state index contributed by atoms with van der Waals surface area (Å²) in [6.45, 7) is 4.02. The fraction of sp³-hybridized carbons (Fsp3) is 0.667. The standard InChI is InChI=1S/C9H15NO2/c1-7-6-10(2)4-3-8(7)5-9(11)12/h5,7H,3-4,6H2,1-2H3,(H,11,12). The van der Waals surface area contributed by atoms with E-state index in [2.05, 4.69) is 18.9 Å². The second kappa shape index (κ2) is 3.72. The quantitative estimate of drug-likeness (QED) is 0.594. The smallest absolute Gasteiger partial charge is 0.328 e. The molecule has 0 radical (unpaired) electrons. The van der Waals surface area contributed by atoms with E-state index in [1.807, 2.05) is 0 Å². The molecule has 1 unspecified atom stereocenters. The summed E-state index contributed by atoms with van der Waals surface area (Å²) in [5, 5.41) is 8.56. The van der Waals surface area contributed by atoms with Crippen molar-refractivity contribution in [2.24, 2.45) is 5.92 Å². The van der Waals surface area contributed by atoms with Crippen molar-refractivity contribution in [3.05, 3.63) is 11.6 Å². The number of carboxylic acid groups (broad SMARTS) is 1. The summed E-state index contributed by atoms with van der Waals surface area (Å²) in [7, 11) is 2.06. The molecule has 0 aromatic heterocycles. The van der Waals surface area contributed by atoms with E-state index in [1.54, 1.807) is 0 Å². The highest BCUT2D eigenvalue weighted by Crippen LogP contribution is 2.20. The Hall–Kier alpha value is -0.830. The SMILES string of the molecule is CC1CN(C)CCC1=CC(=O)O. The van der Waals surface area contributed by atoms with Crippen molar-refractivity contribution in [2.45, 2.75) is 13.3 Å². The Morgan fingerprint density at radius 1 is 1.75 bits per heavy atom. The van der Waals surface area contributed by atoms with Gasteiger partial charge >= 0.3 is 5.97 Å². The topological polar surface area (TPSA) is 40.5 Å². The third-order valence-corrected chi connectivity index (χ3v) is 2.31. The van der Waals surface area contributed by atoms with Gasteiger partial charge in [-0.15, -0.1) is 0 Å². The lowest BCUT2D eigenvalue weighted by atomic mass is 9.93. The van der Waals surface area contributed by atoms with Crippen LogP contribution in [0.3, 0.4) is 0 Å². The van der Waals surface area contributed by atoms with E-state index in [4.69, 9.17) is 5.11 Å². The Labute approximate surface area is 72.7 Å². The number of rotatable bonds is 1. The Morgan fingerprint density at radius 2 is 2.42 bits per heavy atom. The Morgan fingerprint density at radius 3 is 2.92 bits per heavy atom. The molecular formula is C9H15NO2. The van der Waals surface area contributed by atoms with Gasteiger partial charge in [0.05, 0.1) is 0 Å². The first-order chi connectivity index (χ1) is 5.59. The molecule has 1 atom stereocenters. The second-order valence-corrected chi connectivity index (χ2v) is 3.47. The lowest BCUT2D eigenvalue weighted by Crippen LogP contribution is -2.32. The average Bonchev–Trinajstić information content (AvgIpc) is 1.94. The molecule has 1 N–H and O–H groups in total. The molecule has 0 amide bonds. The summed E-state index contributed by atoms with van der Waals surface area (Å²) in [4.78, 5) is 12.6. The summed E-state index contributed by atoms with van der Waals surface area (Å²) in [6.07, 6.45) is 2.25. The molecule has 1 aliphatic heterocycles. The van der Waals surface area contributed by atoms with Crippen LogP contribution >= 0.6 is 0 Å². The number of piperidine rings is 1. The average molecular weight is 169 g/mol. The molecule has 1 saturated heterocycles. The molecule has 0 saturated carbocycles. The van der Waals surface area contributed by atoms with E-state index in [-0.39, 0.29) is 0 Å². The van der Waals surface area contributed by atoms with Crippen LogP contribution in [0.4, 0.5) is 0 Å². The van der Waals surface area contributed by atoms with Crippen molar-refractivity contribution < 1.29 is 9.90 Å². The maximum Gasteiger partial charge on any atom is 0.328 e. The highest BCUT2D eigenvalue weighted by atomic mass is 16.4. The van der Waals surface area contributed by atoms with Gasteiger partial charge in [-0.3, -0.25) is 0 Å². The number of aliphatic carboxylic acids is 1. The summed E-state index contributed by atoms with van der Waals surface area (Å²) in [5.41, 5.74) is 1.07. The van der Waals surface area contributed by atoms with Crippen molar-refractivity contribution in [3.63, 3.8) is 0 Å². The second-order valence-electron chi connectivity index (χ2n) is 3.47. The normalized spacial score (nSPS) is 29.2. The zero-order valence-corrected chi connectivity index (χ0v) is 7.58. The lowest BCUT2D eigenvalue weighted by Gasteiger charge is -2.29. The molecule has 0 aliphatic carbocycles. The Kier molecular flexibility index (Phi) is 2.87. The molecule has 0 spiro atoms. The van der Waals surface area contributed by atoms with Gasteiger partial charge in [-0.25, -0.2) is 4.79 Å². The molecule has 1 rings (SSSR count). The van der Waals surface area contributed by atoms with Gasteiger partial charge in [0, 0.05) is 19.2 Å². The van der Waals surface area contributed by atoms with Crippen LogP contribution in [0.15, 0.2) is 11.6 Å². The van der Waals surface area contributed by atoms with Gasteiger partial charge < -0.3 is 10.0 Å². The van der Waals surface area contributed by atoms with Crippen LogP contribution < -0.4 is 0 Å². The molecule has 1 fully saturated rings. The van der Waals surface area contributed by atoms with Crippen LogP contribution in [-0.4, -0.2) is 36.1 Å². The fourth-order valence-electron chi connectivity index (χ4n) is 1.62. The first kappa shape index (κ1) is 9.26. The Balaban J connectivity index is 2.62. The lowest BCUT2D eigenvalue weighted by molar-refractivity contribution is -0.131. The largest absolute Gasteiger partial charge is 0.478 e. The number of hydrogen-bond donors (Lipinski definition) is 1. The number of carbonyl (C=O) groups is 1. The molecule has 3 nitrogen and oxygen atoms in total. The minimum Gasteiger partial charge on any atom is -0.478 e. The van der Waals surface area contributed by atoms with Crippen LogP contribution in [0.25, 0.3) is 0 Å². The number of hydrogen-bond acceptors (Lipinski definition) is 2. The van der Waals surface area contributed by atoms with Gasteiger partial charge in [0.25, 0.3) is 0 Å². The molecule has 1 heterocycles. The maximum atomic E-state index is 10.4. The maximum absolute atomic E-state index is 10.4. The molecule has 3 heteroatoms. The van der Waals surface area contributed by atoms with Gasteiger partial charge in [0.2, 0.25) is 0 Å². The van der Waals surface area contributed by atoms with Gasteiger partial charge in [0.15, 0.2) is 0 Å². The van der Waals surface area contributed by atoms with E-state index in [0.29, 0.717) is 5.92 Å². The summed E-state index contributed by atoms with van der Waals surface area (Å²) in [5.74, 6) is -0.429. The molecule has 12 heavy (non-hydrogen) atoms.